The SMILES string of the molecule is CCOC(=O)N1CCC(NC(=O)[C@H]2c3ccccc3C(=O)N(CCOC)[C@H]2c2cccs2)CC1. The summed E-state index contributed by atoms with van der Waals surface area (Å²) >= 11 is 1.55. The molecule has 0 bridgehead atoms. The molecule has 1 saturated heterocycles. The third-order valence-electron chi connectivity index (χ3n) is 6.46. The Morgan fingerprint density at radius 3 is 2.59 bits per heavy atom. The number of nitrogens with one attached hydrogen (secondary N) is 1. The number of nitrogens with zero attached hydrogens (tertiary/aromatic N) is 2. The van der Waals surface area contributed by atoms with Gasteiger partial charge in [-0.1, -0.05) is 24.3 Å². The zero-order chi connectivity index (χ0) is 24.1. The standard InChI is InChI=1S/C25H31N3O5S/c1-3-33-25(31)27-12-10-17(11-13-27)26-23(29)21-18-7-4-5-8-19(18)24(30)28(14-15-32-2)22(21)20-9-6-16-34-20/h4-9,16-17,21-22H,3,10-15H2,1-2H3,(H,26,29)/t21-,22-/m0/s1. The quantitative estimate of drug-likeness (QED) is 0.649. The highest BCUT2D eigenvalue weighted by atomic mass is 32.1. The summed E-state index contributed by atoms with van der Waals surface area (Å²) in [5.74, 6) is -0.722. The van der Waals surface area contributed by atoms with Crippen molar-refractivity contribution in [1.82, 2.24) is 15.1 Å². The maximum absolute atomic E-state index is 13.8. The van der Waals surface area contributed by atoms with Crippen molar-refractivity contribution >= 4 is 29.2 Å². The number of hydrogen-bond acceptors (Lipinski definition) is 6. The molecule has 0 spiro atoms. The summed E-state index contributed by atoms with van der Waals surface area (Å²) in [6.45, 7) is 4.00. The second-order valence-electron chi connectivity index (χ2n) is 8.49. The highest BCUT2D eigenvalue weighted by molar-refractivity contribution is 7.10. The molecule has 1 aromatic heterocycles. The number of rotatable bonds is 7. The Labute approximate surface area is 203 Å². The first kappa shape index (κ1) is 24.2. The van der Waals surface area contributed by atoms with E-state index in [4.69, 9.17) is 9.47 Å². The van der Waals surface area contributed by atoms with Crippen molar-refractivity contribution in [3.05, 3.63) is 57.8 Å². The minimum absolute atomic E-state index is 0.0422. The number of hydrogen-bond donors (Lipinski definition) is 1. The second kappa shape index (κ2) is 11.0. The number of thiophene rings is 1. The van der Waals surface area contributed by atoms with Crippen LogP contribution in [0.2, 0.25) is 0 Å². The monoisotopic (exact) mass is 485 g/mol. The molecule has 9 heteroatoms. The summed E-state index contributed by atoms with van der Waals surface area (Å²) in [6.07, 6.45) is 1.02. The Bertz CT molecular complexity index is 1000. The van der Waals surface area contributed by atoms with Crippen LogP contribution < -0.4 is 5.32 Å². The van der Waals surface area contributed by atoms with E-state index in [1.807, 2.05) is 35.7 Å². The van der Waals surface area contributed by atoms with Gasteiger partial charge in [0, 0.05) is 43.2 Å². The zero-order valence-electron chi connectivity index (χ0n) is 19.6. The van der Waals surface area contributed by atoms with Crippen LogP contribution in [-0.4, -0.2) is 73.7 Å². The van der Waals surface area contributed by atoms with Gasteiger partial charge in [0.15, 0.2) is 0 Å². The summed E-state index contributed by atoms with van der Waals surface area (Å²) < 4.78 is 10.4. The highest BCUT2D eigenvalue weighted by Gasteiger charge is 2.45. The van der Waals surface area contributed by atoms with Gasteiger partial charge in [-0.05, 0) is 42.8 Å². The Hall–Kier alpha value is -2.91. The van der Waals surface area contributed by atoms with Crippen LogP contribution in [0.25, 0.3) is 0 Å². The lowest BCUT2D eigenvalue weighted by molar-refractivity contribution is -0.125. The van der Waals surface area contributed by atoms with E-state index in [0.29, 0.717) is 51.3 Å². The van der Waals surface area contributed by atoms with Crippen LogP contribution in [-0.2, 0) is 14.3 Å². The van der Waals surface area contributed by atoms with Gasteiger partial charge >= 0.3 is 6.09 Å². The van der Waals surface area contributed by atoms with Crippen LogP contribution in [0.5, 0.6) is 0 Å². The topological polar surface area (TPSA) is 88.2 Å². The molecule has 2 aromatic rings. The fourth-order valence-corrected chi connectivity index (χ4v) is 5.67. The van der Waals surface area contributed by atoms with E-state index in [-0.39, 0.29) is 23.9 Å². The summed E-state index contributed by atoms with van der Waals surface area (Å²) in [4.78, 5) is 43.7. The number of likely N-dealkylation sites (tertiary alicyclic amines) is 1. The molecule has 0 saturated carbocycles. The third kappa shape index (κ3) is 4.95. The molecule has 2 aliphatic heterocycles. The van der Waals surface area contributed by atoms with Gasteiger partial charge in [-0.15, -0.1) is 11.3 Å². The molecule has 1 N–H and O–H groups in total. The van der Waals surface area contributed by atoms with E-state index < -0.39 is 12.0 Å². The van der Waals surface area contributed by atoms with Crippen molar-refractivity contribution in [2.45, 2.75) is 37.8 Å². The van der Waals surface area contributed by atoms with E-state index in [0.717, 1.165) is 10.4 Å². The third-order valence-corrected chi connectivity index (χ3v) is 7.40. The molecule has 182 valence electrons. The summed E-state index contributed by atoms with van der Waals surface area (Å²) in [6, 6.07) is 10.9. The number of amides is 3. The fourth-order valence-electron chi connectivity index (χ4n) is 4.80. The summed E-state index contributed by atoms with van der Waals surface area (Å²) in [5, 5.41) is 5.19. The normalized spacial score (nSPS) is 20.7. The smallest absolute Gasteiger partial charge is 0.409 e. The van der Waals surface area contributed by atoms with Crippen molar-refractivity contribution < 1.29 is 23.9 Å². The molecule has 8 nitrogen and oxygen atoms in total. The van der Waals surface area contributed by atoms with Crippen LogP contribution in [0.1, 0.15) is 52.5 Å². The molecule has 0 radical (unpaired) electrons. The molecule has 4 rings (SSSR count). The van der Waals surface area contributed by atoms with Crippen molar-refractivity contribution in [2.24, 2.45) is 0 Å². The van der Waals surface area contributed by atoms with Crippen LogP contribution in [0.15, 0.2) is 41.8 Å². The maximum atomic E-state index is 13.8. The number of ether oxygens (including phenoxy) is 2. The first-order valence-electron chi connectivity index (χ1n) is 11.7. The van der Waals surface area contributed by atoms with Gasteiger partial charge in [0.05, 0.1) is 25.2 Å². The maximum Gasteiger partial charge on any atom is 0.409 e. The molecule has 3 heterocycles. The van der Waals surface area contributed by atoms with Gasteiger partial charge in [-0.25, -0.2) is 4.79 Å². The molecule has 0 unspecified atom stereocenters. The van der Waals surface area contributed by atoms with E-state index in [9.17, 15) is 14.4 Å². The van der Waals surface area contributed by atoms with E-state index in [1.54, 1.807) is 41.2 Å². The molecule has 34 heavy (non-hydrogen) atoms. The lowest BCUT2D eigenvalue weighted by Gasteiger charge is -2.42. The minimum Gasteiger partial charge on any atom is -0.450 e. The number of methoxy groups -OCH3 is 1. The Kier molecular flexibility index (Phi) is 7.84. The molecule has 2 aliphatic rings. The first-order valence-corrected chi connectivity index (χ1v) is 12.6. The lowest BCUT2D eigenvalue weighted by Crippen LogP contribution is -2.51. The molecule has 0 aliphatic carbocycles. The molecular formula is C25H31N3O5S. The number of carbonyl (C=O) groups is 3. The molecule has 1 fully saturated rings. The average molecular weight is 486 g/mol. The van der Waals surface area contributed by atoms with Crippen LogP contribution in [0.4, 0.5) is 4.79 Å². The minimum atomic E-state index is -0.535. The summed E-state index contributed by atoms with van der Waals surface area (Å²) in [5.41, 5.74) is 1.31. The Balaban J connectivity index is 1.59. The van der Waals surface area contributed by atoms with Crippen LogP contribution in [0.3, 0.4) is 0 Å². The molecule has 2 atom stereocenters. The zero-order valence-corrected chi connectivity index (χ0v) is 20.4. The van der Waals surface area contributed by atoms with Gasteiger partial charge < -0.3 is 24.6 Å². The van der Waals surface area contributed by atoms with Crippen molar-refractivity contribution in [3.8, 4) is 0 Å². The van der Waals surface area contributed by atoms with Gasteiger partial charge in [-0.2, -0.15) is 0 Å². The van der Waals surface area contributed by atoms with E-state index in [1.165, 1.54) is 0 Å². The molecular weight excluding hydrogens is 454 g/mol. The predicted octanol–water partition coefficient (Wildman–Crippen LogP) is 3.41. The van der Waals surface area contributed by atoms with E-state index >= 15 is 0 Å². The van der Waals surface area contributed by atoms with Gasteiger partial charge in [-0.3, -0.25) is 9.59 Å². The van der Waals surface area contributed by atoms with Crippen LogP contribution >= 0.6 is 11.3 Å². The molecule has 1 aromatic carbocycles. The average Bonchev–Trinajstić information content (AvgIpc) is 3.38. The number of carbonyl (C=O) groups excluding carboxylic acids is 3. The number of benzene rings is 1. The second-order valence-corrected chi connectivity index (χ2v) is 9.46. The summed E-state index contributed by atoms with van der Waals surface area (Å²) in [7, 11) is 1.61. The fraction of sp³-hybridized carbons (Fsp3) is 0.480. The Morgan fingerprint density at radius 2 is 1.91 bits per heavy atom. The van der Waals surface area contributed by atoms with E-state index in [2.05, 4.69) is 5.32 Å². The lowest BCUT2D eigenvalue weighted by atomic mass is 9.81. The Morgan fingerprint density at radius 1 is 1.15 bits per heavy atom. The largest absolute Gasteiger partial charge is 0.450 e. The van der Waals surface area contributed by atoms with Crippen molar-refractivity contribution in [1.29, 1.82) is 0 Å². The molecule has 3 amide bonds. The van der Waals surface area contributed by atoms with Gasteiger partial charge in [0.2, 0.25) is 5.91 Å². The number of fused-ring (bicyclic) bond motifs is 1. The highest BCUT2D eigenvalue weighted by Crippen LogP contribution is 2.44. The number of piperidine rings is 1. The van der Waals surface area contributed by atoms with Crippen molar-refractivity contribution in [3.63, 3.8) is 0 Å². The predicted molar refractivity (Wildman–Crippen MR) is 129 cm³/mol. The first-order chi connectivity index (χ1) is 16.5. The van der Waals surface area contributed by atoms with Crippen molar-refractivity contribution in [2.75, 3.05) is 40.0 Å². The van der Waals surface area contributed by atoms with Crippen LogP contribution in [0, 0.1) is 0 Å². The van der Waals surface area contributed by atoms with Gasteiger partial charge in [0.1, 0.15) is 0 Å². The van der Waals surface area contributed by atoms with Gasteiger partial charge in [0.25, 0.3) is 5.91 Å².